The molecule has 3 rings (SSSR count). The van der Waals surface area contributed by atoms with Gasteiger partial charge in [-0.15, -0.1) is 11.3 Å². The van der Waals surface area contributed by atoms with Crippen LogP contribution in [0.3, 0.4) is 0 Å². The lowest BCUT2D eigenvalue weighted by atomic mass is 10.2. The molecular weight excluding hydrogens is 272 g/mol. The summed E-state index contributed by atoms with van der Waals surface area (Å²) in [5.41, 5.74) is 3.05. The van der Waals surface area contributed by atoms with Gasteiger partial charge in [0.2, 0.25) is 0 Å². The van der Waals surface area contributed by atoms with Crippen LogP contribution in [0.15, 0.2) is 16.0 Å². The second-order valence-electron chi connectivity index (χ2n) is 4.89. The molecule has 0 bridgehead atoms. The fourth-order valence-corrected chi connectivity index (χ4v) is 3.13. The molecule has 0 N–H and O–H groups in total. The minimum absolute atomic E-state index is 0.727. The summed E-state index contributed by atoms with van der Waals surface area (Å²) >= 11 is 1.67. The van der Waals surface area contributed by atoms with E-state index in [9.17, 15) is 0 Å². The van der Waals surface area contributed by atoms with Gasteiger partial charge < -0.3 is 9.42 Å². The van der Waals surface area contributed by atoms with Crippen LogP contribution in [-0.2, 0) is 6.54 Å². The normalized spacial score (nSPS) is 11.2. The summed E-state index contributed by atoms with van der Waals surface area (Å²) in [6.07, 6.45) is 0. The van der Waals surface area contributed by atoms with Crippen LogP contribution in [-0.4, -0.2) is 22.2 Å². The van der Waals surface area contributed by atoms with Crippen LogP contribution in [0.1, 0.15) is 22.8 Å². The Kier molecular flexibility index (Phi) is 3.17. The number of aryl methyl sites for hydroxylation is 3. The minimum Gasteiger partial charge on any atom is -0.361 e. The maximum atomic E-state index is 5.22. The Labute approximate surface area is 121 Å². The summed E-state index contributed by atoms with van der Waals surface area (Å²) in [4.78, 5) is 11.2. The van der Waals surface area contributed by atoms with Crippen LogP contribution < -0.4 is 4.90 Å². The third kappa shape index (κ3) is 2.16. The lowest BCUT2D eigenvalue weighted by molar-refractivity contribution is 0.392. The molecule has 104 valence electrons. The highest BCUT2D eigenvalue weighted by Crippen LogP contribution is 2.29. The van der Waals surface area contributed by atoms with Crippen molar-refractivity contribution in [1.29, 1.82) is 0 Å². The standard InChI is InChI=1S/C14H16N4OS/c1-8-11(9(2)19-17-8)7-18(4)14-13-12(5-6-20-13)15-10(3)16-14/h5-6H,7H2,1-4H3. The number of aromatic nitrogens is 3. The van der Waals surface area contributed by atoms with Crippen LogP contribution in [0.25, 0.3) is 10.2 Å². The van der Waals surface area contributed by atoms with E-state index in [2.05, 4.69) is 20.0 Å². The van der Waals surface area contributed by atoms with Gasteiger partial charge in [0.1, 0.15) is 17.4 Å². The van der Waals surface area contributed by atoms with E-state index in [1.807, 2.05) is 39.3 Å². The van der Waals surface area contributed by atoms with Crippen molar-refractivity contribution in [2.45, 2.75) is 27.3 Å². The molecule has 20 heavy (non-hydrogen) atoms. The van der Waals surface area contributed by atoms with E-state index in [4.69, 9.17) is 4.52 Å². The Morgan fingerprint density at radius 3 is 2.75 bits per heavy atom. The van der Waals surface area contributed by atoms with Crippen molar-refractivity contribution in [2.75, 3.05) is 11.9 Å². The van der Waals surface area contributed by atoms with Gasteiger partial charge in [-0.05, 0) is 32.2 Å². The first-order valence-electron chi connectivity index (χ1n) is 6.41. The average Bonchev–Trinajstić information content (AvgIpc) is 2.99. The Morgan fingerprint density at radius 1 is 1.25 bits per heavy atom. The van der Waals surface area contributed by atoms with Crippen molar-refractivity contribution in [3.05, 3.63) is 34.3 Å². The minimum atomic E-state index is 0.727. The quantitative estimate of drug-likeness (QED) is 0.740. The Balaban J connectivity index is 2.00. The highest BCUT2D eigenvalue weighted by Gasteiger charge is 2.16. The number of nitrogens with zero attached hydrogens (tertiary/aromatic N) is 4. The molecule has 0 unspecified atom stereocenters. The Morgan fingerprint density at radius 2 is 2.05 bits per heavy atom. The number of thiophene rings is 1. The lowest BCUT2D eigenvalue weighted by Crippen LogP contribution is -2.19. The third-order valence-electron chi connectivity index (χ3n) is 3.34. The zero-order chi connectivity index (χ0) is 14.3. The smallest absolute Gasteiger partial charge is 0.150 e. The monoisotopic (exact) mass is 288 g/mol. The molecule has 3 aromatic rings. The molecule has 0 atom stereocenters. The number of hydrogen-bond donors (Lipinski definition) is 0. The molecule has 6 heteroatoms. The molecule has 0 fully saturated rings. The molecule has 5 nitrogen and oxygen atoms in total. The SMILES string of the molecule is Cc1nc(N(C)Cc2c(C)noc2C)c2sccc2n1. The predicted molar refractivity (Wildman–Crippen MR) is 80.2 cm³/mol. The number of anilines is 1. The van der Waals surface area contributed by atoms with Crippen molar-refractivity contribution in [3.8, 4) is 0 Å². The zero-order valence-corrected chi connectivity index (χ0v) is 12.8. The summed E-state index contributed by atoms with van der Waals surface area (Å²) in [7, 11) is 2.03. The fourth-order valence-electron chi connectivity index (χ4n) is 2.26. The predicted octanol–water partition coefficient (Wildman–Crippen LogP) is 3.24. The van der Waals surface area contributed by atoms with Crippen molar-refractivity contribution in [1.82, 2.24) is 15.1 Å². The second kappa shape index (κ2) is 4.86. The summed E-state index contributed by atoms with van der Waals surface area (Å²) in [5.74, 6) is 2.61. The van der Waals surface area contributed by atoms with Crippen LogP contribution >= 0.6 is 11.3 Å². The molecule has 0 radical (unpaired) electrons. The van der Waals surface area contributed by atoms with Gasteiger partial charge in [-0.2, -0.15) is 0 Å². The van der Waals surface area contributed by atoms with Crippen LogP contribution in [0.4, 0.5) is 5.82 Å². The first kappa shape index (κ1) is 13.1. The average molecular weight is 288 g/mol. The molecule has 3 heterocycles. The molecule has 0 aliphatic heterocycles. The summed E-state index contributed by atoms with van der Waals surface area (Å²) in [5, 5.41) is 6.05. The third-order valence-corrected chi connectivity index (χ3v) is 4.24. The van der Waals surface area contributed by atoms with Crippen LogP contribution in [0, 0.1) is 20.8 Å². The van der Waals surface area contributed by atoms with Gasteiger partial charge in [0, 0.05) is 19.2 Å². The molecule has 0 spiro atoms. The fraction of sp³-hybridized carbons (Fsp3) is 0.357. The van der Waals surface area contributed by atoms with Crippen molar-refractivity contribution in [3.63, 3.8) is 0 Å². The van der Waals surface area contributed by atoms with Crippen molar-refractivity contribution in [2.24, 2.45) is 0 Å². The van der Waals surface area contributed by atoms with E-state index in [-0.39, 0.29) is 0 Å². The molecule has 0 aromatic carbocycles. The van der Waals surface area contributed by atoms with E-state index < -0.39 is 0 Å². The van der Waals surface area contributed by atoms with Gasteiger partial charge in [-0.1, -0.05) is 5.16 Å². The lowest BCUT2D eigenvalue weighted by Gasteiger charge is -2.19. The maximum absolute atomic E-state index is 5.22. The summed E-state index contributed by atoms with van der Waals surface area (Å²) in [6.45, 7) is 6.55. The van der Waals surface area contributed by atoms with E-state index in [1.54, 1.807) is 11.3 Å². The van der Waals surface area contributed by atoms with E-state index in [0.29, 0.717) is 0 Å². The molecule has 3 aromatic heterocycles. The first-order valence-corrected chi connectivity index (χ1v) is 7.29. The van der Waals surface area contributed by atoms with Gasteiger partial charge in [-0.3, -0.25) is 0 Å². The highest BCUT2D eigenvalue weighted by molar-refractivity contribution is 7.17. The van der Waals surface area contributed by atoms with E-state index in [1.165, 1.54) is 0 Å². The molecular formula is C14H16N4OS. The molecule has 0 aliphatic rings. The van der Waals surface area contributed by atoms with Gasteiger partial charge in [-0.25, -0.2) is 9.97 Å². The molecule has 0 amide bonds. The van der Waals surface area contributed by atoms with Crippen molar-refractivity contribution < 1.29 is 4.52 Å². The maximum Gasteiger partial charge on any atom is 0.150 e. The van der Waals surface area contributed by atoms with Gasteiger partial charge in [0.25, 0.3) is 0 Å². The van der Waals surface area contributed by atoms with E-state index in [0.717, 1.165) is 45.4 Å². The van der Waals surface area contributed by atoms with Crippen molar-refractivity contribution >= 4 is 27.4 Å². The molecule has 0 saturated heterocycles. The second-order valence-corrected chi connectivity index (χ2v) is 5.80. The first-order chi connectivity index (χ1) is 9.56. The summed E-state index contributed by atoms with van der Waals surface area (Å²) < 4.78 is 6.34. The van der Waals surface area contributed by atoms with Crippen LogP contribution in [0.2, 0.25) is 0 Å². The van der Waals surface area contributed by atoms with Gasteiger partial charge in [0.15, 0.2) is 0 Å². The number of fused-ring (bicyclic) bond motifs is 1. The van der Waals surface area contributed by atoms with Crippen LogP contribution in [0.5, 0.6) is 0 Å². The zero-order valence-electron chi connectivity index (χ0n) is 12.0. The largest absolute Gasteiger partial charge is 0.361 e. The highest BCUT2D eigenvalue weighted by atomic mass is 32.1. The molecule has 0 saturated carbocycles. The number of hydrogen-bond acceptors (Lipinski definition) is 6. The van der Waals surface area contributed by atoms with Gasteiger partial charge in [0.05, 0.1) is 15.9 Å². The Bertz CT molecular complexity index is 742. The topological polar surface area (TPSA) is 55.1 Å². The summed E-state index contributed by atoms with van der Waals surface area (Å²) in [6, 6.07) is 2.03. The van der Waals surface area contributed by atoms with Gasteiger partial charge >= 0.3 is 0 Å². The molecule has 0 aliphatic carbocycles. The van der Waals surface area contributed by atoms with E-state index >= 15 is 0 Å². The Hall–Kier alpha value is -1.95. The number of rotatable bonds is 3.